The van der Waals surface area contributed by atoms with Crippen molar-refractivity contribution in [3.63, 3.8) is 0 Å². The van der Waals surface area contributed by atoms with Crippen LogP contribution in [0, 0.1) is 0 Å². The minimum absolute atomic E-state index is 0.0493. The molecule has 19 heavy (non-hydrogen) atoms. The molecule has 0 aliphatic carbocycles. The highest BCUT2D eigenvalue weighted by Gasteiger charge is 2.21. The Bertz CT molecular complexity index is 637. The predicted molar refractivity (Wildman–Crippen MR) is 70.9 cm³/mol. The van der Waals surface area contributed by atoms with Gasteiger partial charge in [-0.1, -0.05) is 23.9 Å². The van der Waals surface area contributed by atoms with E-state index in [1.807, 2.05) is 24.3 Å². The average Bonchev–Trinajstić information content (AvgIpc) is 2.76. The number of nitrogens with zero attached hydrogens (tertiary/aromatic N) is 2. The standard InChI is InChI=1S/C12H13N3O3S/c1-15-11(16)13-14-12(15)19-7-8-6-17-9-4-2-3-5-10(9)18-8/h2-5,8H,6-7H2,1H3,(H,13,16)/t8-/m0/s1. The third-order valence-electron chi connectivity index (χ3n) is 2.80. The highest BCUT2D eigenvalue weighted by Crippen LogP contribution is 2.32. The van der Waals surface area contributed by atoms with Crippen molar-refractivity contribution in [2.75, 3.05) is 12.4 Å². The van der Waals surface area contributed by atoms with Crippen molar-refractivity contribution in [3.8, 4) is 11.5 Å². The van der Waals surface area contributed by atoms with Gasteiger partial charge in [-0.25, -0.2) is 9.89 Å². The summed E-state index contributed by atoms with van der Waals surface area (Å²) in [6, 6.07) is 7.60. The first-order chi connectivity index (χ1) is 9.24. The van der Waals surface area contributed by atoms with Crippen molar-refractivity contribution < 1.29 is 9.47 Å². The van der Waals surface area contributed by atoms with E-state index in [1.165, 1.54) is 16.3 Å². The zero-order chi connectivity index (χ0) is 13.2. The van der Waals surface area contributed by atoms with Crippen LogP contribution < -0.4 is 15.2 Å². The minimum atomic E-state index is -0.214. The highest BCUT2D eigenvalue weighted by atomic mass is 32.2. The summed E-state index contributed by atoms with van der Waals surface area (Å²) in [4.78, 5) is 11.2. The number of aromatic nitrogens is 3. The number of H-pyrrole nitrogens is 1. The van der Waals surface area contributed by atoms with Gasteiger partial charge in [0, 0.05) is 12.8 Å². The first-order valence-electron chi connectivity index (χ1n) is 5.87. The van der Waals surface area contributed by atoms with Crippen molar-refractivity contribution in [1.29, 1.82) is 0 Å². The molecule has 6 nitrogen and oxygen atoms in total. The molecule has 1 N–H and O–H groups in total. The van der Waals surface area contributed by atoms with Gasteiger partial charge in [0.15, 0.2) is 16.7 Å². The Labute approximate surface area is 113 Å². The van der Waals surface area contributed by atoms with Gasteiger partial charge in [0.1, 0.15) is 12.7 Å². The molecule has 0 saturated carbocycles. The van der Waals surface area contributed by atoms with E-state index in [0.29, 0.717) is 17.5 Å². The lowest BCUT2D eigenvalue weighted by Gasteiger charge is -2.25. The summed E-state index contributed by atoms with van der Waals surface area (Å²) in [5.41, 5.74) is -0.214. The van der Waals surface area contributed by atoms with Crippen molar-refractivity contribution in [2.24, 2.45) is 7.05 Å². The van der Waals surface area contributed by atoms with E-state index in [1.54, 1.807) is 7.05 Å². The van der Waals surface area contributed by atoms with Gasteiger partial charge < -0.3 is 9.47 Å². The quantitative estimate of drug-likeness (QED) is 0.850. The summed E-state index contributed by atoms with van der Waals surface area (Å²) in [6.07, 6.45) is -0.0493. The van der Waals surface area contributed by atoms with Crippen LogP contribution in [0.5, 0.6) is 11.5 Å². The van der Waals surface area contributed by atoms with Gasteiger partial charge in [0.05, 0.1) is 0 Å². The number of para-hydroxylation sites is 2. The topological polar surface area (TPSA) is 69.1 Å². The Hall–Kier alpha value is -1.89. The van der Waals surface area contributed by atoms with Crippen LogP contribution >= 0.6 is 11.8 Å². The lowest BCUT2D eigenvalue weighted by Crippen LogP contribution is -2.31. The van der Waals surface area contributed by atoms with Crippen molar-refractivity contribution in [1.82, 2.24) is 14.8 Å². The second kappa shape index (κ2) is 5.00. The monoisotopic (exact) mass is 279 g/mol. The summed E-state index contributed by atoms with van der Waals surface area (Å²) in [7, 11) is 1.68. The number of fused-ring (bicyclic) bond motifs is 1. The van der Waals surface area contributed by atoms with E-state index in [-0.39, 0.29) is 11.8 Å². The maximum atomic E-state index is 11.2. The van der Waals surface area contributed by atoms with Crippen molar-refractivity contribution >= 4 is 11.8 Å². The van der Waals surface area contributed by atoms with Crippen LogP contribution in [0.1, 0.15) is 0 Å². The fourth-order valence-electron chi connectivity index (χ4n) is 1.77. The van der Waals surface area contributed by atoms with Crippen LogP contribution in [0.25, 0.3) is 0 Å². The maximum absolute atomic E-state index is 11.2. The lowest BCUT2D eigenvalue weighted by atomic mass is 10.3. The van der Waals surface area contributed by atoms with Crippen LogP contribution in [0.2, 0.25) is 0 Å². The molecule has 0 spiro atoms. The molecule has 0 amide bonds. The molecule has 0 radical (unpaired) electrons. The molecule has 0 bridgehead atoms. The number of benzene rings is 1. The summed E-state index contributed by atoms with van der Waals surface area (Å²) < 4.78 is 12.9. The largest absolute Gasteiger partial charge is 0.486 e. The van der Waals surface area contributed by atoms with Gasteiger partial charge in [-0.3, -0.25) is 4.57 Å². The summed E-state index contributed by atoms with van der Waals surface area (Å²) >= 11 is 1.46. The normalized spacial score (nSPS) is 17.4. The van der Waals surface area contributed by atoms with E-state index < -0.39 is 0 Å². The van der Waals surface area contributed by atoms with Crippen molar-refractivity contribution in [2.45, 2.75) is 11.3 Å². The lowest BCUT2D eigenvalue weighted by molar-refractivity contribution is 0.107. The summed E-state index contributed by atoms with van der Waals surface area (Å²) in [6.45, 7) is 0.502. The second-order valence-corrected chi connectivity index (χ2v) is 5.17. The number of aromatic amines is 1. The Balaban J connectivity index is 1.64. The van der Waals surface area contributed by atoms with E-state index in [0.717, 1.165) is 11.5 Å². The molecule has 2 aromatic rings. The first kappa shape index (κ1) is 12.2. The van der Waals surface area contributed by atoms with Gasteiger partial charge in [-0.05, 0) is 12.1 Å². The third-order valence-corrected chi connectivity index (χ3v) is 3.97. The van der Waals surface area contributed by atoms with Gasteiger partial charge in [0.25, 0.3) is 0 Å². The molecule has 0 fully saturated rings. The first-order valence-corrected chi connectivity index (χ1v) is 6.85. The van der Waals surface area contributed by atoms with Crippen LogP contribution in [-0.4, -0.2) is 33.2 Å². The molecule has 1 aliphatic rings. The molecule has 1 aromatic heterocycles. The fourth-order valence-corrected chi connectivity index (χ4v) is 2.66. The number of rotatable bonds is 3. The number of hydrogen-bond acceptors (Lipinski definition) is 5. The molecule has 0 saturated heterocycles. The fraction of sp³-hybridized carbons (Fsp3) is 0.333. The molecular weight excluding hydrogens is 266 g/mol. The maximum Gasteiger partial charge on any atom is 0.343 e. The number of nitrogens with one attached hydrogen (secondary N) is 1. The molecule has 100 valence electrons. The van der Waals surface area contributed by atoms with Crippen molar-refractivity contribution in [3.05, 3.63) is 34.7 Å². The Morgan fingerprint density at radius 3 is 3.00 bits per heavy atom. The van der Waals surface area contributed by atoms with Crippen LogP contribution in [-0.2, 0) is 7.05 Å². The molecule has 0 unspecified atom stereocenters. The molecule has 1 aliphatic heterocycles. The number of thioether (sulfide) groups is 1. The SMILES string of the molecule is Cn1c(SC[C@@H]2COc3ccccc3O2)n[nH]c1=O. The smallest absolute Gasteiger partial charge is 0.343 e. The Morgan fingerprint density at radius 2 is 2.26 bits per heavy atom. The van der Waals surface area contributed by atoms with Crippen LogP contribution in [0.4, 0.5) is 0 Å². The summed E-state index contributed by atoms with van der Waals surface area (Å²) in [5.74, 6) is 2.21. The van der Waals surface area contributed by atoms with Crippen LogP contribution in [0.3, 0.4) is 0 Å². The van der Waals surface area contributed by atoms with E-state index in [4.69, 9.17) is 9.47 Å². The molecule has 2 heterocycles. The van der Waals surface area contributed by atoms with E-state index >= 15 is 0 Å². The van der Waals surface area contributed by atoms with Gasteiger partial charge >= 0.3 is 5.69 Å². The molecule has 1 aromatic carbocycles. The minimum Gasteiger partial charge on any atom is -0.486 e. The average molecular weight is 279 g/mol. The Kier molecular flexibility index (Phi) is 3.20. The molecular formula is C12H13N3O3S. The van der Waals surface area contributed by atoms with E-state index in [9.17, 15) is 4.79 Å². The molecule has 7 heteroatoms. The number of ether oxygens (including phenoxy) is 2. The molecule has 3 rings (SSSR count). The predicted octanol–water partition coefficient (Wildman–Crippen LogP) is 1.04. The highest BCUT2D eigenvalue weighted by molar-refractivity contribution is 7.99. The van der Waals surface area contributed by atoms with Crippen LogP contribution in [0.15, 0.2) is 34.2 Å². The van der Waals surface area contributed by atoms with E-state index in [2.05, 4.69) is 10.2 Å². The third kappa shape index (κ3) is 2.46. The van der Waals surface area contributed by atoms with Gasteiger partial charge in [-0.2, -0.15) is 0 Å². The van der Waals surface area contributed by atoms with Gasteiger partial charge in [0.2, 0.25) is 0 Å². The molecule has 1 atom stereocenters. The second-order valence-electron chi connectivity index (χ2n) is 4.18. The summed E-state index contributed by atoms with van der Waals surface area (Å²) in [5, 5.41) is 6.99. The van der Waals surface area contributed by atoms with Gasteiger partial charge in [-0.15, -0.1) is 5.10 Å². The zero-order valence-corrected chi connectivity index (χ0v) is 11.1. The zero-order valence-electron chi connectivity index (χ0n) is 10.3. The number of hydrogen-bond donors (Lipinski definition) is 1. The Morgan fingerprint density at radius 1 is 1.47 bits per heavy atom.